The zero-order chi connectivity index (χ0) is 15.4. The van der Waals surface area contributed by atoms with Gasteiger partial charge in [0.2, 0.25) is 5.91 Å². The summed E-state index contributed by atoms with van der Waals surface area (Å²) in [4.78, 5) is 24.9. The summed E-state index contributed by atoms with van der Waals surface area (Å²) >= 11 is 1.32. The molecule has 6 nitrogen and oxygen atoms in total. The molecule has 7 heteroatoms. The fraction of sp³-hybridized carbons (Fsp3) is 0.500. The monoisotopic (exact) mass is 307 g/mol. The number of rotatable bonds is 5. The van der Waals surface area contributed by atoms with E-state index in [4.69, 9.17) is 10.4 Å². The van der Waals surface area contributed by atoms with E-state index >= 15 is 0 Å². The quantitative estimate of drug-likeness (QED) is 0.862. The zero-order valence-corrected chi connectivity index (χ0v) is 12.5. The zero-order valence-electron chi connectivity index (χ0n) is 11.7. The molecule has 1 aliphatic heterocycles. The number of nitrogens with zero attached hydrogens (tertiary/aromatic N) is 2. The molecule has 2 atom stereocenters. The molecule has 2 heterocycles. The fourth-order valence-electron chi connectivity index (χ4n) is 2.51. The molecule has 2 N–H and O–H groups in total. The van der Waals surface area contributed by atoms with Crippen molar-refractivity contribution in [2.75, 3.05) is 25.0 Å². The third-order valence-electron chi connectivity index (χ3n) is 3.70. The van der Waals surface area contributed by atoms with Gasteiger partial charge in [0.15, 0.2) is 0 Å². The largest absolute Gasteiger partial charge is 0.481 e. The van der Waals surface area contributed by atoms with E-state index < -0.39 is 5.97 Å². The maximum atomic E-state index is 11.9. The van der Waals surface area contributed by atoms with E-state index in [9.17, 15) is 9.59 Å². The summed E-state index contributed by atoms with van der Waals surface area (Å²) in [7, 11) is 0. The number of nitriles is 1. The number of carbonyl (C=O) groups is 2. The van der Waals surface area contributed by atoms with Crippen LogP contribution in [0.1, 0.15) is 18.9 Å². The molecule has 2 rings (SSSR count). The number of carboxylic acids is 1. The molecule has 1 amide bonds. The summed E-state index contributed by atoms with van der Waals surface area (Å²) in [5.41, 5.74) is 0.467. The Balaban J connectivity index is 1.80. The number of likely N-dealkylation sites (tertiary alicyclic amines) is 1. The third kappa shape index (κ3) is 3.80. The summed E-state index contributed by atoms with van der Waals surface area (Å²) in [6, 6.07) is 3.69. The minimum atomic E-state index is -0.772. The number of thiophene rings is 1. The van der Waals surface area contributed by atoms with Crippen LogP contribution in [0.15, 0.2) is 11.4 Å². The van der Waals surface area contributed by atoms with Gasteiger partial charge in [-0.25, -0.2) is 0 Å². The van der Waals surface area contributed by atoms with Crippen LogP contribution in [0, 0.1) is 23.2 Å². The van der Waals surface area contributed by atoms with Gasteiger partial charge < -0.3 is 15.3 Å². The number of amides is 1. The Labute approximate surface area is 127 Å². The van der Waals surface area contributed by atoms with Gasteiger partial charge in [-0.1, -0.05) is 6.92 Å². The maximum absolute atomic E-state index is 11.9. The first-order valence-electron chi connectivity index (χ1n) is 6.74. The Morgan fingerprint density at radius 3 is 2.95 bits per heavy atom. The minimum Gasteiger partial charge on any atom is -0.481 e. The van der Waals surface area contributed by atoms with E-state index in [1.165, 1.54) is 11.3 Å². The number of hydrogen-bond acceptors (Lipinski definition) is 5. The molecule has 0 radical (unpaired) electrons. The standard InChI is InChI=1S/C14H17N3O3S/c1-9-7-17(8-11(9)14(19)20)4-2-12(18)16-13-10(6-15)3-5-21-13/h3,5,9,11H,2,4,7-8H2,1H3,(H,16,18)(H,19,20). The first-order chi connectivity index (χ1) is 10.0. The Morgan fingerprint density at radius 2 is 2.33 bits per heavy atom. The fourth-order valence-corrected chi connectivity index (χ4v) is 3.27. The van der Waals surface area contributed by atoms with Crippen LogP contribution in [0.3, 0.4) is 0 Å². The van der Waals surface area contributed by atoms with Gasteiger partial charge in [-0.3, -0.25) is 9.59 Å². The van der Waals surface area contributed by atoms with Gasteiger partial charge in [-0.2, -0.15) is 5.26 Å². The lowest BCUT2D eigenvalue weighted by molar-refractivity contribution is -0.142. The summed E-state index contributed by atoms with van der Waals surface area (Å²) < 4.78 is 0. The minimum absolute atomic E-state index is 0.105. The van der Waals surface area contributed by atoms with Gasteiger partial charge in [0.05, 0.1) is 11.5 Å². The van der Waals surface area contributed by atoms with Crippen molar-refractivity contribution in [2.24, 2.45) is 11.8 Å². The molecule has 0 aromatic carbocycles. The van der Waals surface area contributed by atoms with Crippen molar-refractivity contribution in [3.63, 3.8) is 0 Å². The normalized spacial score (nSPS) is 21.9. The van der Waals surface area contributed by atoms with E-state index in [1.807, 2.05) is 17.9 Å². The van der Waals surface area contributed by atoms with Crippen molar-refractivity contribution in [3.05, 3.63) is 17.0 Å². The highest BCUT2D eigenvalue weighted by Gasteiger charge is 2.34. The van der Waals surface area contributed by atoms with E-state index in [2.05, 4.69) is 5.32 Å². The molecule has 21 heavy (non-hydrogen) atoms. The average molecular weight is 307 g/mol. The molecule has 1 aromatic rings. The van der Waals surface area contributed by atoms with Crippen LogP contribution >= 0.6 is 11.3 Å². The first-order valence-corrected chi connectivity index (χ1v) is 7.62. The van der Waals surface area contributed by atoms with Crippen LogP contribution in [-0.2, 0) is 9.59 Å². The predicted octanol–water partition coefficient (Wildman–Crippen LogP) is 1.60. The smallest absolute Gasteiger partial charge is 0.308 e. The third-order valence-corrected chi connectivity index (χ3v) is 4.53. The molecule has 2 unspecified atom stereocenters. The number of hydrogen-bond donors (Lipinski definition) is 2. The van der Waals surface area contributed by atoms with E-state index in [1.54, 1.807) is 11.4 Å². The van der Waals surface area contributed by atoms with E-state index in [0.29, 0.717) is 36.6 Å². The highest BCUT2D eigenvalue weighted by Crippen LogP contribution is 2.24. The van der Waals surface area contributed by atoms with Crippen molar-refractivity contribution in [2.45, 2.75) is 13.3 Å². The number of nitrogens with one attached hydrogen (secondary N) is 1. The molecule has 0 spiro atoms. The van der Waals surface area contributed by atoms with Crippen LogP contribution < -0.4 is 5.32 Å². The topological polar surface area (TPSA) is 93.4 Å². The first kappa shape index (κ1) is 15.5. The summed E-state index contributed by atoms with van der Waals surface area (Å²) in [5.74, 6) is -1.17. The molecule has 0 saturated carbocycles. The van der Waals surface area contributed by atoms with E-state index in [-0.39, 0.29) is 17.7 Å². The second kappa shape index (κ2) is 6.70. The van der Waals surface area contributed by atoms with Crippen LogP contribution in [0.5, 0.6) is 0 Å². The Kier molecular flexibility index (Phi) is 4.94. The van der Waals surface area contributed by atoms with Crippen LogP contribution in [0.2, 0.25) is 0 Å². The van der Waals surface area contributed by atoms with Crippen molar-refractivity contribution in [3.8, 4) is 6.07 Å². The SMILES string of the molecule is CC1CN(CCC(=O)Nc2sccc2C#N)CC1C(=O)O. The van der Waals surface area contributed by atoms with Gasteiger partial charge in [0.25, 0.3) is 0 Å². The lowest BCUT2D eigenvalue weighted by Crippen LogP contribution is -2.27. The molecular formula is C14H17N3O3S. The molecule has 112 valence electrons. The lowest BCUT2D eigenvalue weighted by atomic mass is 9.99. The summed E-state index contributed by atoms with van der Waals surface area (Å²) in [5, 5.41) is 23.0. The average Bonchev–Trinajstić information content (AvgIpc) is 3.02. The van der Waals surface area contributed by atoms with Crippen molar-refractivity contribution >= 4 is 28.2 Å². The Bertz CT molecular complexity index is 578. The molecule has 1 saturated heterocycles. The van der Waals surface area contributed by atoms with Crippen LogP contribution in [0.4, 0.5) is 5.00 Å². The molecule has 0 aliphatic carbocycles. The van der Waals surface area contributed by atoms with Gasteiger partial charge in [0.1, 0.15) is 11.1 Å². The summed E-state index contributed by atoms with van der Waals surface area (Å²) in [6.07, 6.45) is 0.293. The van der Waals surface area contributed by atoms with E-state index in [0.717, 1.165) is 0 Å². The van der Waals surface area contributed by atoms with Crippen molar-refractivity contribution in [1.82, 2.24) is 4.90 Å². The van der Waals surface area contributed by atoms with Crippen LogP contribution in [-0.4, -0.2) is 41.5 Å². The second-order valence-corrected chi connectivity index (χ2v) is 6.17. The van der Waals surface area contributed by atoms with Gasteiger partial charge >= 0.3 is 5.97 Å². The van der Waals surface area contributed by atoms with Crippen molar-refractivity contribution in [1.29, 1.82) is 5.26 Å². The summed E-state index contributed by atoms with van der Waals surface area (Å²) in [6.45, 7) is 3.65. The van der Waals surface area contributed by atoms with Crippen LogP contribution in [0.25, 0.3) is 0 Å². The Morgan fingerprint density at radius 1 is 1.57 bits per heavy atom. The lowest BCUT2D eigenvalue weighted by Gasteiger charge is -2.14. The number of anilines is 1. The predicted molar refractivity (Wildman–Crippen MR) is 79.0 cm³/mol. The van der Waals surface area contributed by atoms with Gasteiger partial charge in [-0.15, -0.1) is 11.3 Å². The maximum Gasteiger partial charge on any atom is 0.308 e. The number of carboxylic acid groups (broad SMARTS) is 1. The molecule has 0 bridgehead atoms. The highest BCUT2D eigenvalue weighted by molar-refractivity contribution is 7.14. The second-order valence-electron chi connectivity index (χ2n) is 5.25. The molecule has 1 fully saturated rings. The van der Waals surface area contributed by atoms with Crippen molar-refractivity contribution < 1.29 is 14.7 Å². The molecular weight excluding hydrogens is 290 g/mol. The van der Waals surface area contributed by atoms with Gasteiger partial charge in [-0.05, 0) is 17.4 Å². The number of aliphatic carboxylic acids is 1. The number of carbonyl (C=O) groups excluding carboxylic acids is 1. The molecule has 1 aliphatic rings. The van der Waals surface area contributed by atoms with Gasteiger partial charge in [0, 0.05) is 26.1 Å². The highest BCUT2D eigenvalue weighted by atomic mass is 32.1. The Hall–Kier alpha value is -1.91. The molecule has 1 aromatic heterocycles.